The number of esters is 1. The second-order valence-corrected chi connectivity index (χ2v) is 4.33. The Labute approximate surface area is 85.6 Å². The van der Waals surface area contributed by atoms with E-state index in [2.05, 4.69) is 6.58 Å². The molecule has 0 aliphatic heterocycles. The lowest BCUT2D eigenvalue weighted by molar-refractivity contribution is -0.140. The molecule has 1 unspecified atom stereocenters. The van der Waals surface area contributed by atoms with Crippen LogP contribution in [0, 0.1) is 0 Å². The summed E-state index contributed by atoms with van der Waals surface area (Å²) in [6.07, 6.45) is 0.865. The van der Waals surface area contributed by atoms with Crippen molar-refractivity contribution in [3.05, 3.63) is 12.7 Å². The number of carbonyl (C=O) groups is 1. The lowest BCUT2D eigenvalue weighted by Crippen LogP contribution is -2.31. The zero-order chi connectivity index (χ0) is 11.0. The molecule has 0 saturated heterocycles. The molecule has 0 spiro atoms. The fourth-order valence-electron chi connectivity index (χ4n) is 0.695. The van der Waals surface area contributed by atoms with E-state index in [4.69, 9.17) is 18.0 Å². The van der Waals surface area contributed by atoms with Crippen molar-refractivity contribution in [2.45, 2.75) is 13.0 Å². The summed E-state index contributed by atoms with van der Waals surface area (Å²) in [5, 5.41) is 0. The van der Waals surface area contributed by atoms with Crippen LogP contribution in [0.5, 0.6) is 0 Å². The maximum absolute atomic E-state index is 10.7. The first-order valence-corrected chi connectivity index (χ1v) is 5.55. The van der Waals surface area contributed by atoms with Gasteiger partial charge in [0.1, 0.15) is 6.61 Å². The molecular weight excluding hydrogens is 204 g/mol. The summed E-state index contributed by atoms with van der Waals surface area (Å²) >= 11 is 0. The van der Waals surface area contributed by atoms with E-state index in [1.165, 1.54) is 14.2 Å². The predicted octanol–water partition coefficient (Wildman–Crippen LogP) is 0.131. The molecule has 82 valence electrons. The van der Waals surface area contributed by atoms with Gasteiger partial charge >= 0.3 is 15.5 Å². The van der Waals surface area contributed by atoms with Gasteiger partial charge in [0.25, 0.3) is 0 Å². The zero-order valence-corrected chi connectivity index (χ0v) is 9.84. The van der Waals surface area contributed by atoms with Crippen LogP contribution in [-0.2, 0) is 22.8 Å². The number of rotatable bonds is 7. The highest BCUT2D eigenvalue weighted by Crippen LogP contribution is 1.97. The van der Waals surface area contributed by atoms with Crippen LogP contribution in [0.2, 0.25) is 0 Å². The molecule has 0 radical (unpaired) electrons. The first kappa shape index (κ1) is 13.3. The summed E-state index contributed by atoms with van der Waals surface area (Å²) in [5.41, 5.74) is 0. The number of ether oxygens (including phenoxy) is 1. The van der Waals surface area contributed by atoms with E-state index in [1.807, 2.05) is 0 Å². The lowest BCUT2D eigenvalue weighted by atomic mass is 10.4. The normalized spacial score (nSPS) is 12.6. The molecule has 0 amide bonds. The molecule has 0 aromatic carbocycles. The monoisotopic (exact) mass is 220 g/mol. The highest BCUT2D eigenvalue weighted by Gasteiger charge is 2.16. The zero-order valence-electron chi connectivity index (χ0n) is 8.69. The van der Waals surface area contributed by atoms with Crippen LogP contribution < -0.4 is 0 Å². The van der Waals surface area contributed by atoms with Gasteiger partial charge in [0.05, 0.1) is 6.10 Å². The molecule has 6 heteroatoms. The molecule has 0 aliphatic rings. The predicted molar refractivity (Wildman–Crippen MR) is 52.9 cm³/mol. The fourth-order valence-corrected chi connectivity index (χ4v) is 1.57. The van der Waals surface area contributed by atoms with Crippen molar-refractivity contribution >= 4 is 15.5 Å². The van der Waals surface area contributed by atoms with Gasteiger partial charge < -0.3 is 18.0 Å². The Morgan fingerprint density at radius 1 is 1.50 bits per heavy atom. The van der Waals surface area contributed by atoms with E-state index >= 15 is 0 Å². The molecule has 14 heavy (non-hydrogen) atoms. The van der Waals surface area contributed by atoms with Gasteiger partial charge in [-0.1, -0.05) is 6.58 Å². The Kier molecular flexibility index (Phi) is 7.31. The molecule has 0 N–H and O–H groups in total. The number of carbonyl (C=O) groups excluding carboxylic acids is 1. The van der Waals surface area contributed by atoms with Crippen molar-refractivity contribution in [2.75, 3.05) is 20.8 Å². The minimum Gasteiger partial charge on any atom is -0.460 e. The van der Waals surface area contributed by atoms with E-state index in [0.29, 0.717) is 0 Å². The quantitative estimate of drug-likeness (QED) is 0.347. The van der Waals surface area contributed by atoms with E-state index < -0.39 is 15.5 Å². The highest BCUT2D eigenvalue weighted by molar-refractivity contribution is 6.36. The molecule has 0 saturated carbocycles. The summed E-state index contributed by atoms with van der Waals surface area (Å²) in [6.45, 7) is 5.22. The van der Waals surface area contributed by atoms with E-state index in [1.54, 1.807) is 6.92 Å². The van der Waals surface area contributed by atoms with Gasteiger partial charge in [-0.15, -0.1) is 0 Å². The Bertz CT molecular complexity index is 181. The third-order valence-electron chi connectivity index (χ3n) is 1.36. The van der Waals surface area contributed by atoms with Crippen LogP contribution in [0.25, 0.3) is 0 Å². The molecular formula is C8H16O5Si. The van der Waals surface area contributed by atoms with E-state index in [9.17, 15) is 4.79 Å². The first-order valence-electron chi connectivity index (χ1n) is 4.14. The van der Waals surface area contributed by atoms with Crippen molar-refractivity contribution < 1.29 is 22.8 Å². The van der Waals surface area contributed by atoms with Gasteiger partial charge in [0, 0.05) is 20.3 Å². The van der Waals surface area contributed by atoms with Crippen LogP contribution in [0.15, 0.2) is 12.7 Å². The van der Waals surface area contributed by atoms with Crippen molar-refractivity contribution in [3.63, 3.8) is 0 Å². The molecule has 0 bridgehead atoms. The summed E-state index contributed by atoms with van der Waals surface area (Å²) in [5.74, 6) is -0.464. The second kappa shape index (κ2) is 7.69. The largest absolute Gasteiger partial charge is 0.484 e. The van der Waals surface area contributed by atoms with Crippen LogP contribution in [0.3, 0.4) is 0 Å². The summed E-state index contributed by atoms with van der Waals surface area (Å²) in [7, 11) is 0.994. The van der Waals surface area contributed by atoms with Crippen LogP contribution in [0.4, 0.5) is 0 Å². The van der Waals surface area contributed by atoms with Gasteiger partial charge in [-0.3, -0.25) is 0 Å². The molecule has 1 atom stereocenters. The van der Waals surface area contributed by atoms with Crippen molar-refractivity contribution in [1.82, 2.24) is 0 Å². The van der Waals surface area contributed by atoms with Crippen molar-refractivity contribution in [2.24, 2.45) is 0 Å². The van der Waals surface area contributed by atoms with Crippen molar-refractivity contribution in [1.29, 1.82) is 0 Å². The number of hydrogen-bond acceptors (Lipinski definition) is 5. The third kappa shape index (κ3) is 5.87. The molecule has 0 rings (SSSR count). The minimum absolute atomic E-state index is 0.168. The van der Waals surface area contributed by atoms with Crippen LogP contribution in [0.1, 0.15) is 6.92 Å². The molecule has 5 nitrogen and oxygen atoms in total. The molecule has 0 fully saturated rings. The summed E-state index contributed by atoms with van der Waals surface area (Å²) in [4.78, 5) is 10.7. The maximum Gasteiger partial charge on any atom is 0.484 e. The molecule has 0 aliphatic carbocycles. The van der Waals surface area contributed by atoms with E-state index in [-0.39, 0.29) is 12.7 Å². The van der Waals surface area contributed by atoms with Gasteiger partial charge in [0.2, 0.25) is 0 Å². The summed E-state index contributed by atoms with van der Waals surface area (Å²) < 4.78 is 20.0. The smallest absolute Gasteiger partial charge is 0.460 e. The maximum atomic E-state index is 10.7. The first-order chi connectivity index (χ1) is 6.63. The highest BCUT2D eigenvalue weighted by atomic mass is 28.3. The third-order valence-corrected chi connectivity index (χ3v) is 2.81. The average Bonchev–Trinajstić information content (AvgIpc) is 2.22. The minimum atomic E-state index is -2.04. The van der Waals surface area contributed by atoms with E-state index in [0.717, 1.165) is 6.08 Å². The average molecular weight is 220 g/mol. The Morgan fingerprint density at radius 2 is 2.07 bits per heavy atom. The summed E-state index contributed by atoms with van der Waals surface area (Å²) in [6, 6.07) is 0. The van der Waals surface area contributed by atoms with Crippen LogP contribution >= 0.6 is 0 Å². The topological polar surface area (TPSA) is 54.0 Å². The van der Waals surface area contributed by atoms with Gasteiger partial charge in [-0.2, -0.15) is 0 Å². The SMILES string of the molecule is C=CC(=O)OCC(C)O[SiH](OC)OC. The Morgan fingerprint density at radius 3 is 2.50 bits per heavy atom. The van der Waals surface area contributed by atoms with Gasteiger partial charge in [0.15, 0.2) is 0 Å². The number of hydrogen-bond donors (Lipinski definition) is 0. The van der Waals surface area contributed by atoms with Gasteiger partial charge in [-0.25, -0.2) is 4.79 Å². The van der Waals surface area contributed by atoms with Gasteiger partial charge in [-0.05, 0) is 6.92 Å². The lowest BCUT2D eigenvalue weighted by Gasteiger charge is -2.17. The Hall–Kier alpha value is -0.693. The molecule has 0 heterocycles. The van der Waals surface area contributed by atoms with Crippen LogP contribution in [-0.4, -0.2) is 42.4 Å². The standard InChI is InChI=1S/C8H16O5Si/c1-5-8(9)12-6-7(2)13-14(10-3)11-4/h5,7,14H,1,6H2,2-4H3. The Balaban J connectivity index is 3.68. The molecule has 0 aromatic heterocycles. The van der Waals surface area contributed by atoms with Crippen molar-refractivity contribution in [3.8, 4) is 0 Å². The second-order valence-electron chi connectivity index (χ2n) is 2.54. The fraction of sp³-hybridized carbons (Fsp3) is 0.625. The molecule has 0 aromatic rings.